The summed E-state index contributed by atoms with van der Waals surface area (Å²) in [5, 5.41) is 15.8. The van der Waals surface area contributed by atoms with Gasteiger partial charge >= 0.3 is 0 Å². The Hall–Kier alpha value is -1.000. The summed E-state index contributed by atoms with van der Waals surface area (Å²) in [5.74, 6) is 3.57. The lowest BCUT2D eigenvalue weighted by molar-refractivity contribution is 0.674. The topological polar surface area (TPSA) is 67.1 Å². The predicted molar refractivity (Wildman–Crippen MR) is 126 cm³/mol. The van der Waals surface area contributed by atoms with E-state index in [0.29, 0.717) is 6.54 Å². The van der Waals surface area contributed by atoms with E-state index in [1.807, 2.05) is 54.6 Å². The zero-order valence-corrected chi connectivity index (χ0v) is 20.1. The van der Waals surface area contributed by atoms with Crippen LogP contribution in [-0.2, 0) is 13.6 Å². The van der Waals surface area contributed by atoms with Crippen LogP contribution in [0.2, 0.25) is 5.02 Å². The number of benzene rings is 1. The molecular weight excluding hydrogens is 495 g/mol. The highest BCUT2D eigenvalue weighted by Gasteiger charge is 2.12. The number of aryl methyl sites for hydroxylation is 1. The van der Waals surface area contributed by atoms with Crippen LogP contribution in [-0.4, -0.2) is 39.3 Å². The lowest BCUT2D eigenvalue weighted by atomic mass is 10.1. The highest BCUT2D eigenvalue weighted by Crippen LogP contribution is 2.21. The number of guanidine groups is 1. The molecule has 9 heteroatoms. The van der Waals surface area contributed by atoms with Gasteiger partial charge in [0.05, 0.1) is 6.04 Å². The van der Waals surface area contributed by atoms with E-state index in [9.17, 15) is 0 Å². The van der Waals surface area contributed by atoms with Gasteiger partial charge in [-0.05, 0) is 43.9 Å². The van der Waals surface area contributed by atoms with Gasteiger partial charge in [0.15, 0.2) is 11.8 Å². The number of aromatic nitrogens is 3. The third-order valence-corrected chi connectivity index (χ3v) is 5.15. The van der Waals surface area contributed by atoms with Crippen LogP contribution >= 0.6 is 47.3 Å². The smallest absolute Gasteiger partial charge is 0.192 e. The van der Waals surface area contributed by atoms with Crippen LogP contribution in [0.15, 0.2) is 29.3 Å². The minimum Gasteiger partial charge on any atom is -0.356 e. The monoisotopic (exact) mass is 522 g/mol. The molecule has 2 rings (SSSR count). The summed E-state index contributed by atoms with van der Waals surface area (Å²) >= 11 is 8.16. The number of aliphatic imine (C=N–C) groups is 1. The van der Waals surface area contributed by atoms with Crippen LogP contribution < -0.4 is 10.6 Å². The first-order chi connectivity index (χ1) is 12.5. The molecule has 2 aromatic rings. The number of nitrogens with zero attached hydrogens (tertiary/aromatic N) is 4. The van der Waals surface area contributed by atoms with E-state index in [0.717, 1.165) is 46.9 Å². The van der Waals surface area contributed by atoms with Crippen LogP contribution in [0.25, 0.3) is 0 Å². The zero-order valence-electron chi connectivity index (χ0n) is 16.2. The maximum Gasteiger partial charge on any atom is 0.192 e. The van der Waals surface area contributed by atoms with Crippen LogP contribution in [0.1, 0.15) is 36.6 Å². The van der Waals surface area contributed by atoms with Crippen LogP contribution in [0.5, 0.6) is 0 Å². The third-order valence-electron chi connectivity index (χ3n) is 4.10. The predicted octanol–water partition coefficient (Wildman–Crippen LogP) is 3.94. The summed E-state index contributed by atoms with van der Waals surface area (Å²) in [6.45, 7) is 5.33. The van der Waals surface area contributed by atoms with Gasteiger partial charge in [-0.15, -0.1) is 34.2 Å². The van der Waals surface area contributed by atoms with Crippen molar-refractivity contribution in [3.8, 4) is 0 Å². The normalized spacial score (nSPS) is 12.4. The molecule has 6 nitrogen and oxygen atoms in total. The molecule has 0 amide bonds. The van der Waals surface area contributed by atoms with Crippen molar-refractivity contribution in [2.45, 2.75) is 32.9 Å². The van der Waals surface area contributed by atoms with Crippen LogP contribution in [0, 0.1) is 6.92 Å². The first-order valence-electron chi connectivity index (χ1n) is 8.66. The highest BCUT2D eigenvalue weighted by molar-refractivity contribution is 14.0. The van der Waals surface area contributed by atoms with E-state index in [-0.39, 0.29) is 30.0 Å². The lowest BCUT2D eigenvalue weighted by Crippen LogP contribution is -2.39. The molecule has 0 spiro atoms. The van der Waals surface area contributed by atoms with E-state index in [2.05, 4.69) is 39.0 Å². The van der Waals surface area contributed by atoms with Gasteiger partial charge in [0.25, 0.3) is 0 Å². The van der Waals surface area contributed by atoms with Crippen molar-refractivity contribution in [2.24, 2.45) is 12.0 Å². The fourth-order valence-corrected chi connectivity index (χ4v) is 3.16. The summed E-state index contributed by atoms with van der Waals surface area (Å²) in [7, 11) is 1.95. The minimum absolute atomic E-state index is 0. The number of thioether (sulfide) groups is 1. The summed E-state index contributed by atoms with van der Waals surface area (Å²) in [6.07, 6.45) is 3.19. The quantitative estimate of drug-likeness (QED) is 0.238. The summed E-state index contributed by atoms with van der Waals surface area (Å²) in [5.41, 5.74) is 1.04. The Morgan fingerprint density at radius 2 is 2.07 bits per heavy atom. The second kappa shape index (κ2) is 12.5. The number of nitrogens with one attached hydrogen (secondary N) is 2. The molecule has 0 saturated heterocycles. The van der Waals surface area contributed by atoms with Crippen molar-refractivity contribution in [3.63, 3.8) is 0 Å². The first-order valence-corrected chi connectivity index (χ1v) is 10.4. The Balaban J connectivity index is 0.00000364. The molecule has 2 N–H and O–H groups in total. The molecule has 0 aliphatic carbocycles. The average Bonchev–Trinajstić information content (AvgIpc) is 2.95. The second-order valence-electron chi connectivity index (χ2n) is 6.05. The molecule has 0 saturated carbocycles. The van der Waals surface area contributed by atoms with Crippen LogP contribution in [0.4, 0.5) is 0 Å². The molecule has 0 bridgehead atoms. The van der Waals surface area contributed by atoms with Gasteiger partial charge in [-0.25, -0.2) is 4.99 Å². The fourth-order valence-electron chi connectivity index (χ4n) is 2.42. The molecule has 0 radical (unpaired) electrons. The van der Waals surface area contributed by atoms with Gasteiger partial charge in [-0.2, -0.15) is 11.8 Å². The fraction of sp³-hybridized carbons (Fsp3) is 0.500. The van der Waals surface area contributed by atoms with E-state index >= 15 is 0 Å². The Morgan fingerprint density at radius 1 is 1.33 bits per heavy atom. The molecule has 1 heterocycles. The minimum atomic E-state index is 0. The number of rotatable bonds is 8. The third kappa shape index (κ3) is 7.50. The van der Waals surface area contributed by atoms with Crippen molar-refractivity contribution in [2.75, 3.05) is 18.6 Å². The molecular formula is C18H28ClIN6S. The number of hydrogen-bond donors (Lipinski definition) is 2. The number of halogens is 2. The Morgan fingerprint density at radius 3 is 2.70 bits per heavy atom. The van der Waals surface area contributed by atoms with Gasteiger partial charge in [-0.3, -0.25) is 0 Å². The molecule has 1 aromatic heterocycles. The van der Waals surface area contributed by atoms with Gasteiger partial charge in [0.2, 0.25) is 0 Å². The van der Waals surface area contributed by atoms with Gasteiger partial charge < -0.3 is 15.2 Å². The molecule has 27 heavy (non-hydrogen) atoms. The molecule has 0 fully saturated rings. The molecule has 0 aliphatic rings. The molecule has 1 aromatic carbocycles. The second-order valence-corrected chi connectivity index (χ2v) is 7.44. The molecule has 0 aliphatic heterocycles. The van der Waals surface area contributed by atoms with Crippen molar-refractivity contribution >= 4 is 53.3 Å². The van der Waals surface area contributed by atoms with Crippen molar-refractivity contribution in [1.82, 2.24) is 25.4 Å². The standard InChI is InChI=1S/C18H27ClN6S.HI/c1-13(15-8-5-6-9-16(15)19)22-18(20-10-7-11-26-4)21-12-17-24-23-14(2)25(17)3;/h5-6,8-9,13H,7,10-12H2,1-4H3,(H2,20,21,22);1H. The van der Waals surface area contributed by atoms with E-state index in [1.165, 1.54) is 0 Å². The molecule has 1 atom stereocenters. The van der Waals surface area contributed by atoms with Crippen molar-refractivity contribution < 1.29 is 0 Å². The number of hydrogen-bond acceptors (Lipinski definition) is 4. The van der Waals surface area contributed by atoms with E-state index in [4.69, 9.17) is 11.6 Å². The molecule has 1 unspecified atom stereocenters. The highest BCUT2D eigenvalue weighted by atomic mass is 127. The SMILES string of the molecule is CSCCCNC(=NCc1nnc(C)n1C)NC(C)c1ccccc1Cl.I. The largest absolute Gasteiger partial charge is 0.356 e. The Bertz CT molecular complexity index is 736. The summed E-state index contributed by atoms with van der Waals surface area (Å²) in [4.78, 5) is 4.68. The van der Waals surface area contributed by atoms with E-state index < -0.39 is 0 Å². The van der Waals surface area contributed by atoms with Crippen molar-refractivity contribution in [1.29, 1.82) is 0 Å². The summed E-state index contributed by atoms with van der Waals surface area (Å²) < 4.78 is 1.95. The Kier molecular flexibility index (Phi) is 11.1. The van der Waals surface area contributed by atoms with Crippen LogP contribution in [0.3, 0.4) is 0 Å². The maximum atomic E-state index is 6.32. The van der Waals surface area contributed by atoms with Gasteiger partial charge in [0, 0.05) is 18.6 Å². The Labute approximate surface area is 188 Å². The van der Waals surface area contributed by atoms with Crippen molar-refractivity contribution in [3.05, 3.63) is 46.5 Å². The van der Waals surface area contributed by atoms with Gasteiger partial charge in [0.1, 0.15) is 12.4 Å². The van der Waals surface area contributed by atoms with E-state index in [1.54, 1.807) is 0 Å². The van der Waals surface area contributed by atoms with Gasteiger partial charge in [-0.1, -0.05) is 29.8 Å². The summed E-state index contributed by atoms with van der Waals surface area (Å²) in [6, 6.07) is 7.89. The average molecular weight is 523 g/mol. The molecule has 150 valence electrons. The first kappa shape index (κ1) is 24.0. The lowest BCUT2D eigenvalue weighted by Gasteiger charge is -2.19. The zero-order chi connectivity index (χ0) is 18.9. The maximum absolute atomic E-state index is 6.32.